The molecular formula is C16H20. The lowest BCUT2D eigenvalue weighted by molar-refractivity contribution is 1.36. The highest BCUT2D eigenvalue weighted by Crippen LogP contribution is 2.21. The van der Waals surface area contributed by atoms with Gasteiger partial charge in [0.1, 0.15) is 0 Å². The monoisotopic (exact) mass is 212 g/mol. The molecule has 1 aromatic carbocycles. The van der Waals surface area contributed by atoms with E-state index in [1.54, 1.807) is 0 Å². The minimum atomic E-state index is 1.26. The van der Waals surface area contributed by atoms with Crippen LogP contribution in [0.15, 0.2) is 48.6 Å². The summed E-state index contributed by atoms with van der Waals surface area (Å²) in [5.41, 5.74) is 5.21. The second-order valence-corrected chi connectivity index (χ2v) is 3.97. The lowest BCUT2D eigenvalue weighted by atomic mass is 9.98. The van der Waals surface area contributed by atoms with Crippen LogP contribution in [0.1, 0.15) is 30.5 Å². The van der Waals surface area contributed by atoms with Gasteiger partial charge >= 0.3 is 0 Å². The van der Waals surface area contributed by atoms with Gasteiger partial charge in [0, 0.05) is 0 Å². The molecule has 1 aromatic rings. The van der Waals surface area contributed by atoms with Gasteiger partial charge in [-0.2, -0.15) is 0 Å². The predicted octanol–water partition coefficient (Wildman–Crippen LogP) is 4.84. The number of aryl methyl sites for hydroxylation is 2. The molecule has 0 aliphatic heterocycles. The largest absolute Gasteiger partial charge is 0.0876 e. The summed E-state index contributed by atoms with van der Waals surface area (Å²) in [6.45, 7) is 8.37. The van der Waals surface area contributed by atoms with E-state index in [9.17, 15) is 0 Å². The molecule has 1 rings (SSSR count). The van der Waals surface area contributed by atoms with Gasteiger partial charge in [0.25, 0.3) is 0 Å². The van der Waals surface area contributed by atoms with Crippen LogP contribution in [0.2, 0.25) is 0 Å². The lowest BCUT2D eigenvalue weighted by Crippen LogP contribution is -1.87. The maximum atomic E-state index is 2.22. The summed E-state index contributed by atoms with van der Waals surface area (Å²) < 4.78 is 0. The average molecular weight is 212 g/mol. The van der Waals surface area contributed by atoms with Crippen molar-refractivity contribution in [2.45, 2.75) is 27.7 Å². The third-order valence-corrected chi connectivity index (χ3v) is 2.51. The predicted molar refractivity (Wildman–Crippen MR) is 73.5 cm³/mol. The van der Waals surface area contributed by atoms with Crippen molar-refractivity contribution in [1.29, 1.82) is 0 Å². The SMILES string of the molecule is C\C=C/C=C(\C=C/C)c1ccc(C)cc1C. The Hall–Kier alpha value is -1.56. The van der Waals surface area contributed by atoms with E-state index in [0.717, 1.165) is 0 Å². The van der Waals surface area contributed by atoms with Crippen LogP contribution in [0, 0.1) is 13.8 Å². The zero-order valence-electron chi connectivity index (χ0n) is 10.6. The van der Waals surface area contributed by atoms with Gasteiger partial charge in [0.15, 0.2) is 0 Å². The molecule has 0 heteroatoms. The van der Waals surface area contributed by atoms with Gasteiger partial charge in [0.2, 0.25) is 0 Å². The van der Waals surface area contributed by atoms with Crippen molar-refractivity contribution in [2.75, 3.05) is 0 Å². The first-order valence-electron chi connectivity index (χ1n) is 5.72. The Bertz CT molecular complexity index is 431. The van der Waals surface area contributed by atoms with Gasteiger partial charge in [-0.3, -0.25) is 0 Å². The second kappa shape index (κ2) is 6.12. The molecule has 0 amide bonds. The first kappa shape index (κ1) is 12.5. The summed E-state index contributed by atoms with van der Waals surface area (Å²) in [5.74, 6) is 0. The Morgan fingerprint density at radius 3 is 2.38 bits per heavy atom. The molecule has 0 aliphatic carbocycles. The third-order valence-electron chi connectivity index (χ3n) is 2.51. The van der Waals surface area contributed by atoms with E-state index in [1.165, 1.54) is 22.3 Å². The van der Waals surface area contributed by atoms with E-state index in [4.69, 9.17) is 0 Å². The average Bonchev–Trinajstić information content (AvgIpc) is 2.25. The maximum absolute atomic E-state index is 2.22. The smallest absolute Gasteiger partial charge is 0.0155 e. The van der Waals surface area contributed by atoms with E-state index in [-0.39, 0.29) is 0 Å². The van der Waals surface area contributed by atoms with Gasteiger partial charge in [-0.15, -0.1) is 0 Å². The summed E-state index contributed by atoms with van der Waals surface area (Å²) in [5, 5.41) is 0. The summed E-state index contributed by atoms with van der Waals surface area (Å²) >= 11 is 0. The van der Waals surface area contributed by atoms with Gasteiger partial charge in [-0.25, -0.2) is 0 Å². The number of hydrogen-bond acceptors (Lipinski definition) is 0. The Balaban J connectivity index is 3.21. The van der Waals surface area contributed by atoms with Gasteiger partial charge in [-0.05, 0) is 44.4 Å². The highest BCUT2D eigenvalue weighted by atomic mass is 14.1. The molecule has 0 saturated carbocycles. The van der Waals surface area contributed by atoms with Gasteiger partial charge in [-0.1, -0.05) is 54.1 Å². The standard InChI is InChI=1S/C16H20/c1-5-7-9-15(8-6-2)16-11-10-13(3)12-14(16)4/h5-12H,1-4H3/b7-5-,8-6-,15-9+. The van der Waals surface area contributed by atoms with Crippen LogP contribution in [-0.2, 0) is 0 Å². The van der Waals surface area contributed by atoms with Crippen LogP contribution in [0.25, 0.3) is 5.57 Å². The first-order valence-corrected chi connectivity index (χ1v) is 5.72. The maximum Gasteiger partial charge on any atom is -0.0155 e. The molecule has 0 bridgehead atoms. The fraction of sp³-hybridized carbons (Fsp3) is 0.250. The van der Waals surface area contributed by atoms with Crippen LogP contribution in [0.5, 0.6) is 0 Å². The Kier molecular flexibility index (Phi) is 4.78. The van der Waals surface area contributed by atoms with Gasteiger partial charge < -0.3 is 0 Å². The summed E-state index contributed by atoms with van der Waals surface area (Å²) in [6, 6.07) is 6.58. The van der Waals surface area contributed by atoms with Crippen molar-refractivity contribution in [3.8, 4) is 0 Å². The minimum Gasteiger partial charge on any atom is -0.0876 e. The third kappa shape index (κ3) is 3.23. The van der Waals surface area contributed by atoms with Crippen LogP contribution in [0.4, 0.5) is 0 Å². The van der Waals surface area contributed by atoms with Crippen molar-refractivity contribution >= 4 is 5.57 Å². The Labute approximate surface area is 99.0 Å². The van der Waals surface area contributed by atoms with Crippen molar-refractivity contribution in [2.24, 2.45) is 0 Å². The molecule has 0 spiro atoms. The highest BCUT2D eigenvalue weighted by Gasteiger charge is 2.01. The number of rotatable bonds is 3. The second-order valence-electron chi connectivity index (χ2n) is 3.97. The summed E-state index contributed by atoms with van der Waals surface area (Å²) in [7, 11) is 0. The minimum absolute atomic E-state index is 1.26. The quantitative estimate of drug-likeness (QED) is 0.629. The van der Waals surface area contributed by atoms with E-state index >= 15 is 0 Å². The van der Waals surface area contributed by atoms with E-state index in [2.05, 4.69) is 56.4 Å². The fourth-order valence-electron chi connectivity index (χ4n) is 1.75. The van der Waals surface area contributed by atoms with Crippen molar-refractivity contribution in [3.05, 3.63) is 65.3 Å². The molecule has 0 fully saturated rings. The summed E-state index contributed by atoms with van der Waals surface area (Å²) in [6.07, 6.45) is 10.5. The highest BCUT2D eigenvalue weighted by molar-refractivity contribution is 5.77. The molecule has 0 saturated heterocycles. The van der Waals surface area contributed by atoms with Crippen LogP contribution < -0.4 is 0 Å². The molecule has 0 aliphatic rings. The normalized spacial score (nSPS) is 12.9. The molecule has 0 unspecified atom stereocenters. The molecule has 16 heavy (non-hydrogen) atoms. The van der Waals surface area contributed by atoms with E-state index in [1.807, 2.05) is 19.9 Å². The van der Waals surface area contributed by atoms with Crippen molar-refractivity contribution in [1.82, 2.24) is 0 Å². The Morgan fingerprint density at radius 2 is 1.81 bits per heavy atom. The lowest BCUT2D eigenvalue weighted by Gasteiger charge is -2.07. The molecule has 0 N–H and O–H groups in total. The molecule has 84 valence electrons. The molecule has 0 atom stereocenters. The van der Waals surface area contributed by atoms with Crippen LogP contribution in [0.3, 0.4) is 0 Å². The van der Waals surface area contributed by atoms with Crippen LogP contribution >= 0.6 is 0 Å². The molecule has 0 radical (unpaired) electrons. The molecule has 0 aromatic heterocycles. The van der Waals surface area contributed by atoms with Crippen molar-refractivity contribution in [3.63, 3.8) is 0 Å². The summed E-state index contributed by atoms with van der Waals surface area (Å²) in [4.78, 5) is 0. The fourth-order valence-corrected chi connectivity index (χ4v) is 1.75. The van der Waals surface area contributed by atoms with E-state index in [0.29, 0.717) is 0 Å². The zero-order valence-corrected chi connectivity index (χ0v) is 10.6. The number of hydrogen-bond donors (Lipinski definition) is 0. The number of allylic oxidation sites excluding steroid dienone is 6. The van der Waals surface area contributed by atoms with Crippen LogP contribution in [-0.4, -0.2) is 0 Å². The van der Waals surface area contributed by atoms with Crippen molar-refractivity contribution < 1.29 is 0 Å². The van der Waals surface area contributed by atoms with E-state index < -0.39 is 0 Å². The zero-order chi connectivity index (χ0) is 12.0. The Morgan fingerprint density at radius 1 is 1.06 bits per heavy atom. The number of benzene rings is 1. The molecule has 0 heterocycles. The van der Waals surface area contributed by atoms with Gasteiger partial charge in [0.05, 0.1) is 0 Å². The first-order chi connectivity index (χ1) is 7.69. The molecular weight excluding hydrogens is 192 g/mol. The topological polar surface area (TPSA) is 0 Å². The molecule has 0 nitrogen and oxygen atoms in total.